The van der Waals surface area contributed by atoms with Gasteiger partial charge in [-0.25, -0.2) is 0 Å². The summed E-state index contributed by atoms with van der Waals surface area (Å²) in [6, 6.07) is 5.40. The van der Waals surface area contributed by atoms with Crippen LogP contribution in [0.1, 0.15) is 26.3 Å². The summed E-state index contributed by atoms with van der Waals surface area (Å²) in [5.41, 5.74) is 2.19. The number of anilines is 1. The van der Waals surface area contributed by atoms with E-state index in [0.717, 1.165) is 37.4 Å². The summed E-state index contributed by atoms with van der Waals surface area (Å²) in [7, 11) is 0. The van der Waals surface area contributed by atoms with E-state index >= 15 is 0 Å². The monoisotopic (exact) mass is 355 g/mol. The molecule has 1 heterocycles. The van der Waals surface area contributed by atoms with E-state index in [1.165, 1.54) is 0 Å². The van der Waals surface area contributed by atoms with Crippen LogP contribution in [0, 0.1) is 10.1 Å². The van der Waals surface area contributed by atoms with Gasteiger partial charge in [0.25, 0.3) is 5.69 Å². The summed E-state index contributed by atoms with van der Waals surface area (Å²) in [5, 5.41) is 11.5. The van der Waals surface area contributed by atoms with Crippen LogP contribution in [0.4, 0.5) is 11.4 Å². The predicted octanol–water partition coefficient (Wildman–Crippen LogP) is 3.41. The van der Waals surface area contributed by atoms with Gasteiger partial charge < -0.3 is 4.90 Å². The number of nitrogens with zero attached hydrogens (tertiary/aromatic N) is 3. The highest BCUT2D eigenvalue weighted by molar-refractivity contribution is 9.08. The van der Waals surface area contributed by atoms with Crippen LogP contribution in [0.25, 0.3) is 0 Å². The Kier molecular flexibility index (Phi) is 4.88. The molecular formula is C15H22BrN3O2. The van der Waals surface area contributed by atoms with E-state index in [1.807, 2.05) is 12.1 Å². The molecular weight excluding hydrogens is 334 g/mol. The minimum Gasteiger partial charge on any atom is -0.369 e. The first-order valence-electron chi connectivity index (χ1n) is 7.16. The third-order valence-corrected chi connectivity index (χ3v) is 4.60. The molecule has 0 aliphatic carbocycles. The van der Waals surface area contributed by atoms with E-state index < -0.39 is 0 Å². The van der Waals surface area contributed by atoms with Crippen molar-refractivity contribution in [2.45, 2.75) is 31.6 Å². The molecule has 6 heteroatoms. The maximum absolute atomic E-state index is 11.0. The third kappa shape index (κ3) is 3.74. The van der Waals surface area contributed by atoms with E-state index in [9.17, 15) is 10.1 Å². The van der Waals surface area contributed by atoms with Crippen molar-refractivity contribution in [3.05, 3.63) is 33.9 Å². The lowest BCUT2D eigenvalue weighted by Gasteiger charge is -2.43. The van der Waals surface area contributed by atoms with Crippen molar-refractivity contribution in [2.75, 3.05) is 31.1 Å². The summed E-state index contributed by atoms with van der Waals surface area (Å²) in [4.78, 5) is 15.4. The number of hydrogen-bond acceptors (Lipinski definition) is 4. The van der Waals surface area contributed by atoms with Gasteiger partial charge in [-0.3, -0.25) is 15.0 Å². The van der Waals surface area contributed by atoms with Crippen LogP contribution in [0.5, 0.6) is 0 Å². The molecule has 0 saturated carbocycles. The average molecular weight is 356 g/mol. The number of benzene rings is 1. The highest BCUT2D eigenvalue weighted by Gasteiger charge is 2.26. The van der Waals surface area contributed by atoms with Gasteiger partial charge >= 0.3 is 0 Å². The fourth-order valence-electron chi connectivity index (χ4n) is 2.69. The third-order valence-electron chi connectivity index (χ3n) is 4.00. The average Bonchev–Trinajstić information content (AvgIpc) is 2.45. The Hall–Kier alpha value is -1.14. The fourth-order valence-corrected chi connectivity index (χ4v) is 3.14. The number of alkyl halides is 1. The number of piperazine rings is 1. The predicted molar refractivity (Wildman–Crippen MR) is 89.3 cm³/mol. The molecule has 1 saturated heterocycles. The second-order valence-electron chi connectivity index (χ2n) is 6.35. The second kappa shape index (κ2) is 6.32. The van der Waals surface area contributed by atoms with Crippen LogP contribution in [0.3, 0.4) is 0 Å². The van der Waals surface area contributed by atoms with Gasteiger partial charge in [0.2, 0.25) is 0 Å². The number of rotatable bonds is 3. The summed E-state index contributed by atoms with van der Waals surface area (Å²) in [6.07, 6.45) is 0. The molecule has 0 spiro atoms. The van der Waals surface area contributed by atoms with Crippen molar-refractivity contribution in [1.82, 2.24) is 4.90 Å². The molecule has 1 aliphatic heterocycles. The van der Waals surface area contributed by atoms with Gasteiger partial charge in [-0.05, 0) is 32.9 Å². The van der Waals surface area contributed by atoms with Crippen molar-refractivity contribution in [1.29, 1.82) is 0 Å². The standard InChI is InChI=1S/C15H22BrN3O2/c1-15(2,3)18-8-6-17(7-9-18)13-4-5-14(19(20)21)12(10-13)11-16/h4-5,10H,6-9,11H2,1-3H3. The largest absolute Gasteiger partial charge is 0.369 e. The van der Waals surface area contributed by atoms with E-state index in [4.69, 9.17) is 0 Å². The van der Waals surface area contributed by atoms with Gasteiger partial charge in [-0.2, -0.15) is 0 Å². The molecule has 0 aromatic heterocycles. The molecule has 2 rings (SSSR count). The normalized spacial score (nSPS) is 17.0. The van der Waals surface area contributed by atoms with Crippen LogP contribution >= 0.6 is 15.9 Å². The summed E-state index contributed by atoms with van der Waals surface area (Å²) in [6.45, 7) is 10.6. The van der Waals surface area contributed by atoms with Gasteiger partial charge in [0, 0.05) is 54.4 Å². The van der Waals surface area contributed by atoms with Crippen LogP contribution < -0.4 is 4.90 Å². The van der Waals surface area contributed by atoms with Crippen molar-refractivity contribution in [3.63, 3.8) is 0 Å². The maximum atomic E-state index is 11.0. The SMILES string of the molecule is CC(C)(C)N1CCN(c2ccc([N+](=O)[O-])c(CBr)c2)CC1. The molecule has 0 N–H and O–H groups in total. The van der Waals surface area contributed by atoms with Crippen LogP contribution in [0.15, 0.2) is 18.2 Å². The number of nitro groups is 1. The zero-order valence-electron chi connectivity index (χ0n) is 12.8. The smallest absolute Gasteiger partial charge is 0.273 e. The number of nitro benzene ring substituents is 1. The van der Waals surface area contributed by atoms with E-state index in [0.29, 0.717) is 5.33 Å². The molecule has 1 aliphatic rings. The van der Waals surface area contributed by atoms with Crippen LogP contribution in [-0.2, 0) is 5.33 Å². The van der Waals surface area contributed by atoms with Gasteiger partial charge in [-0.15, -0.1) is 0 Å². The molecule has 0 unspecified atom stereocenters. The number of halogens is 1. The topological polar surface area (TPSA) is 49.6 Å². The number of hydrogen-bond donors (Lipinski definition) is 0. The minimum absolute atomic E-state index is 0.184. The highest BCUT2D eigenvalue weighted by atomic mass is 79.9. The second-order valence-corrected chi connectivity index (χ2v) is 6.91. The first-order valence-corrected chi connectivity index (χ1v) is 8.28. The Bertz CT molecular complexity index is 520. The van der Waals surface area contributed by atoms with Crippen molar-refractivity contribution < 1.29 is 4.92 Å². The van der Waals surface area contributed by atoms with Gasteiger partial charge in [0.15, 0.2) is 0 Å². The Balaban J connectivity index is 2.12. The first kappa shape index (κ1) is 16.2. The molecule has 21 heavy (non-hydrogen) atoms. The van der Waals surface area contributed by atoms with Crippen molar-refractivity contribution in [3.8, 4) is 0 Å². The van der Waals surface area contributed by atoms with Gasteiger partial charge in [0.05, 0.1) is 4.92 Å². The Labute approximate surface area is 134 Å². The van der Waals surface area contributed by atoms with E-state index in [-0.39, 0.29) is 16.1 Å². The minimum atomic E-state index is -0.322. The Morgan fingerprint density at radius 1 is 1.24 bits per heavy atom. The highest BCUT2D eigenvalue weighted by Crippen LogP contribution is 2.28. The molecule has 1 aromatic rings. The van der Waals surface area contributed by atoms with Gasteiger partial charge in [-0.1, -0.05) is 15.9 Å². The molecule has 5 nitrogen and oxygen atoms in total. The lowest BCUT2D eigenvalue weighted by molar-refractivity contribution is -0.385. The van der Waals surface area contributed by atoms with Crippen molar-refractivity contribution >= 4 is 27.3 Å². The maximum Gasteiger partial charge on any atom is 0.273 e. The quantitative estimate of drug-likeness (QED) is 0.473. The summed E-state index contributed by atoms with van der Waals surface area (Å²) < 4.78 is 0. The van der Waals surface area contributed by atoms with E-state index in [2.05, 4.69) is 46.5 Å². The molecule has 0 atom stereocenters. The van der Waals surface area contributed by atoms with Gasteiger partial charge in [0.1, 0.15) is 0 Å². The lowest BCUT2D eigenvalue weighted by Crippen LogP contribution is -2.53. The zero-order chi connectivity index (χ0) is 15.6. The van der Waals surface area contributed by atoms with Crippen LogP contribution in [0.2, 0.25) is 0 Å². The lowest BCUT2D eigenvalue weighted by atomic mass is 10.0. The Morgan fingerprint density at radius 3 is 2.33 bits per heavy atom. The molecule has 116 valence electrons. The van der Waals surface area contributed by atoms with E-state index in [1.54, 1.807) is 6.07 Å². The van der Waals surface area contributed by atoms with Crippen LogP contribution in [-0.4, -0.2) is 41.5 Å². The summed E-state index contributed by atoms with van der Waals surface area (Å²) >= 11 is 3.34. The zero-order valence-corrected chi connectivity index (χ0v) is 14.4. The Morgan fingerprint density at radius 2 is 1.86 bits per heavy atom. The molecule has 0 amide bonds. The molecule has 1 aromatic carbocycles. The molecule has 0 bridgehead atoms. The fraction of sp³-hybridized carbons (Fsp3) is 0.600. The van der Waals surface area contributed by atoms with Crippen molar-refractivity contribution in [2.24, 2.45) is 0 Å². The first-order chi connectivity index (χ1) is 9.82. The molecule has 0 radical (unpaired) electrons. The molecule has 1 fully saturated rings. The summed E-state index contributed by atoms with van der Waals surface area (Å²) in [5.74, 6) is 0.